The summed E-state index contributed by atoms with van der Waals surface area (Å²) in [6, 6.07) is 15.2. The van der Waals surface area contributed by atoms with Crippen molar-refractivity contribution in [3.05, 3.63) is 60.4 Å². The lowest BCUT2D eigenvalue weighted by molar-refractivity contribution is 0.143. The highest BCUT2D eigenvalue weighted by Gasteiger charge is 2.14. The molecule has 34 heavy (non-hydrogen) atoms. The third-order valence-electron chi connectivity index (χ3n) is 5.42. The zero-order chi connectivity index (χ0) is 23.3. The number of carbonyl (C=O) groups excluding carboxylic acids is 1. The smallest absolute Gasteiger partial charge is 0.407 e. The second kappa shape index (κ2) is 9.65. The molecule has 10 nitrogen and oxygen atoms in total. The molecule has 0 spiro atoms. The summed E-state index contributed by atoms with van der Waals surface area (Å²) >= 11 is 0. The summed E-state index contributed by atoms with van der Waals surface area (Å²) in [5, 5.41) is 2.74. The molecule has 0 unspecified atom stereocenters. The van der Waals surface area contributed by atoms with Crippen molar-refractivity contribution in [1.29, 1.82) is 0 Å². The van der Waals surface area contributed by atoms with Crippen LogP contribution in [0.2, 0.25) is 0 Å². The lowest BCUT2D eigenvalue weighted by Gasteiger charge is -2.08. The normalized spacial score (nSPS) is 12.1. The van der Waals surface area contributed by atoms with Crippen LogP contribution in [0.25, 0.3) is 22.6 Å². The number of nitrogen functional groups attached to an aromatic ring is 1. The average molecular weight is 460 g/mol. The Morgan fingerprint density at radius 2 is 1.94 bits per heavy atom. The van der Waals surface area contributed by atoms with Crippen molar-refractivity contribution in [3.63, 3.8) is 0 Å². The molecule has 2 aromatic carbocycles. The van der Waals surface area contributed by atoms with Crippen LogP contribution in [0.15, 0.2) is 54.9 Å². The number of fused-ring (bicyclic) bond motifs is 2. The number of benzene rings is 2. The second-order valence-corrected chi connectivity index (χ2v) is 7.79. The summed E-state index contributed by atoms with van der Waals surface area (Å²) in [4.78, 5) is 25.4. The highest BCUT2D eigenvalue weighted by Crippen LogP contribution is 2.32. The topological polar surface area (TPSA) is 126 Å². The SMILES string of the molecule is Nc1nc(-c2ccccc2)nc2c1ncn2CCCCOC(=O)NCc1ccc2c(c1)OCO2. The van der Waals surface area contributed by atoms with Gasteiger partial charge in [0.2, 0.25) is 6.79 Å². The van der Waals surface area contributed by atoms with Gasteiger partial charge in [-0.1, -0.05) is 36.4 Å². The summed E-state index contributed by atoms with van der Waals surface area (Å²) in [6.45, 7) is 1.55. The van der Waals surface area contributed by atoms with Crippen molar-refractivity contribution in [2.24, 2.45) is 0 Å². The van der Waals surface area contributed by atoms with Gasteiger partial charge in [-0.05, 0) is 30.5 Å². The summed E-state index contributed by atoms with van der Waals surface area (Å²) in [5.41, 5.74) is 9.18. The van der Waals surface area contributed by atoms with Crippen LogP contribution in [0.5, 0.6) is 11.5 Å². The van der Waals surface area contributed by atoms with Gasteiger partial charge in [-0.25, -0.2) is 19.7 Å². The van der Waals surface area contributed by atoms with Gasteiger partial charge in [-0.2, -0.15) is 0 Å². The third-order valence-corrected chi connectivity index (χ3v) is 5.42. The third kappa shape index (κ3) is 4.70. The molecule has 1 aliphatic rings. The molecule has 10 heteroatoms. The first-order valence-electron chi connectivity index (χ1n) is 11.0. The van der Waals surface area contributed by atoms with Gasteiger partial charge in [0, 0.05) is 18.7 Å². The molecular formula is C24H24N6O4. The van der Waals surface area contributed by atoms with Gasteiger partial charge in [0.1, 0.15) is 5.52 Å². The van der Waals surface area contributed by atoms with Crippen molar-refractivity contribution >= 4 is 23.1 Å². The van der Waals surface area contributed by atoms with E-state index in [0.717, 1.165) is 17.5 Å². The number of hydrogen-bond donors (Lipinski definition) is 2. The first kappa shape index (κ1) is 21.5. The number of anilines is 1. The van der Waals surface area contributed by atoms with Gasteiger partial charge in [0.15, 0.2) is 28.8 Å². The summed E-state index contributed by atoms with van der Waals surface area (Å²) in [5.74, 6) is 2.31. The van der Waals surface area contributed by atoms with Gasteiger partial charge in [-0.15, -0.1) is 0 Å². The molecule has 0 bridgehead atoms. The van der Waals surface area contributed by atoms with E-state index in [0.29, 0.717) is 60.4 Å². The van der Waals surface area contributed by atoms with Crippen LogP contribution in [0.1, 0.15) is 18.4 Å². The van der Waals surface area contributed by atoms with Gasteiger partial charge in [0.25, 0.3) is 0 Å². The lowest BCUT2D eigenvalue weighted by Crippen LogP contribution is -2.24. The van der Waals surface area contributed by atoms with Crippen LogP contribution in [-0.4, -0.2) is 39.0 Å². The Labute approximate surface area is 195 Å². The van der Waals surface area contributed by atoms with E-state index in [9.17, 15) is 4.79 Å². The summed E-state index contributed by atoms with van der Waals surface area (Å²) < 4.78 is 17.9. The van der Waals surface area contributed by atoms with Crippen LogP contribution in [-0.2, 0) is 17.8 Å². The maximum absolute atomic E-state index is 12.0. The molecule has 0 radical (unpaired) electrons. The monoisotopic (exact) mass is 460 g/mol. The van der Waals surface area contributed by atoms with Gasteiger partial charge < -0.3 is 29.8 Å². The molecule has 4 aromatic rings. The molecule has 0 saturated heterocycles. The van der Waals surface area contributed by atoms with E-state index in [2.05, 4.69) is 20.3 Å². The van der Waals surface area contributed by atoms with Crippen molar-refractivity contribution in [1.82, 2.24) is 24.8 Å². The zero-order valence-corrected chi connectivity index (χ0v) is 18.4. The fourth-order valence-electron chi connectivity index (χ4n) is 3.67. The maximum Gasteiger partial charge on any atom is 0.407 e. The number of alkyl carbamates (subject to hydrolysis) is 1. The van der Waals surface area contributed by atoms with Gasteiger partial charge in [0.05, 0.1) is 12.9 Å². The number of nitrogens with two attached hydrogens (primary N) is 1. The highest BCUT2D eigenvalue weighted by molar-refractivity contribution is 5.83. The van der Waals surface area contributed by atoms with Crippen molar-refractivity contribution in [2.45, 2.75) is 25.9 Å². The number of ether oxygens (including phenoxy) is 3. The minimum Gasteiger partial charge on any atom is -0.454 e. The molecule has 3 N–H and O–H groups in total. The highest BCUT2D eigenvalue weighted by atomic mass is 16.7. The minimum atomic E-state index is -0.459. The number of nitrogens with one attached hydrogen (secondary N) is 1. The summed E-state index contributed by atoms with van der Waals surface area (Å²) in [6.07, 6.45) is 2.73. The van der Waals surface area contributed by atoms with E-state index in [1.165, 1.54) is 0 Å². The van der Waals surface area contributed by atoms with Crippen LogP contribution in [0.3, 0.4) is 0 Å². The van der Waals surface area contributed by atoms with E-state index in [-0.39, 0.29) is 6.79 Å². The Kier molecular flexibility index (Phi) is 6.11. The molecule has 0 aliphatic carbocycles. The number of unbranched alkanes of at least 4 members (excludes halogenated alkanes) is 1. The fraction of sp³-hybridized carbons (Fsp3) is 0.250. The molecule has 0 fully saturated rings. The number of aryl methyl sites for hydroxylation is 1. The Hall–Kier alpha value is -4.34. The van der Waals surface area contributed by atoms with Gasteiger partial charge in [-0.3, -0.25) is 0 Å². The number of amides is 1. The molecule has 0 atom stereocenters. The summed E-state index contributed by atoms with van der Waals surface area (Å²) in [7, 11) is 0. The van der Waals surface area contributed by atoms with Crippen LogP contribution in [0, 0.1) is 0 Å². The quantitative estimate of drug-likeness (QED) is 0.383. The van der Waals surface area contributed by atoms with E-state index in [1.807, 2.05) is 53.1 Å². The molecule has 5 rings (SSSR count). The van der Waals surface area contributed by atoms with Crippen LogP contribution >= 0.6 is 0 Å². The Balaban J connectivity index is 1.10. The molecular weight excluding hydrogens is 436 g/mol. The maximum atomic E-state index is 12.0. The number of aromatic nitrogens is 4. The lowest BCUT2D eigenvalue weighted by atomic mass is 10.2. The number of imidazole rings is 1. The largest absolute Gasteiger partial charge is 0.454 e. The number of rotatable bonds is 8. The fourth-order valence-corrected chi connectivity index (χ4v) is 3.67. The van der Waals surface area contributed by atoms with Gasteiger partial charge >= 0.3 is 6.09 Å². The Bertz CT molecular complexity index is 1310. The molecule has 2 aromatic heterocycles. The molecule has 1 amide bonds. The molecule has 174 valence electrons. The first-order valence-corrected chi connectivity index (χ1v) is 11.0. The molecule has 3 heterocycles. The van der Waals surface area contributed by atoms with Crippen molar-refractivity contribution in [2.75, 3.05) is 19.1 Å². The van der Waals surface area contributed by atoms with Crippen molar-refractivity contribution < 1.29 is 19.0 Å². The predicted molar refractivity (Wildman–Crippen MR) is 125 cm³/mol. The zero-order valence-electron chi connectivity index (χ0n) is 18.4. The number of nitrogens with zero attached hydrogens (tertiary/aromatic N) is 4. The van der Waals surface area contributed by atoms with E-state index in [1.54, 1.807) is 6.33 Å². The molecule has 0 saturated carbocycles. The van der Waals surface area contributed by atoms with E-state index >= 15 is 0 Å². The van der Waals surface area contributed by atoms with Crippen LogP contribution < -0.4 is 20.5 Å². The van der Waals surface area contributed by atoms with Crippen LogP contribution in [0.4, 0.5) is 10.6 Å². The van der Waals surface area contributed by atoms with E-state index in [4.69, 9.17) is 19.9 Å². The number of hydrogen-bond acceptors (Lipinski definition) is 8. The Morgan fingerprint density at radius 1 is 1.09 bits per heavy atom. The van der Waals surface area contributed by atoms with Crippen molar-refractivity contribution in [3.8, 4) is 22.9 Å². The number of carbonyl (C=O) groups is 1. The predicted octanol–water partition coefficient (Wildman–Crippen LogP) is 3.51. The Morgan fingerprint density at radius 3 is 2.82 bits per heavy atom. The standard InChI is InChI=1S/C24H24N6O4/c25-21-20-23(29-22(28-21)17-6-2-1-3-7-17)30(14-27-20)10-4-5-11-32-24(31)26-13-16-8-9-18-19(12-16)34-15-33-18/h1-3,6-9,12,14H,4-5,10-11,13,15H2,(H,26,31)(H2,25,28,29). The minimum absolute atomic E-state index is 0.220. The average Bonchev–Trinajstić information content (AvgIpc) is 3.50. The second-order valence-electron chi connectivity index (χ2n) is 7.79. The molecule has 1 aliphatic heterocycles. The van der Waals surface area contributed by atoms with E-state index < -0.39 is 6.09 Å². The first-order chi connectivity index (χ1) is 16.7.